The molecular weight excluding hydrogens is 208 g/mol. The number of hydrogen-bond donors (Lipinski definition) is 0. The van der Waals surface area contributed by atoms with E-state index in [0.29, 0.717) is 5.41 Å². The van der Waals surface area contributed by atoms with Gasteiger partial charge < -0.3 is 4.74 Å². The summed E-state index contributed by atoms with van der Waals surface area (Å²) in [5.41, 5.74) is 0.509. The van der Waals surface area contributed by atoms with Crippen molar-refractivity contribution in [2.75, 3.05) is 13.2 Å². The van der Waals surface area contributed by atoms with Gasteiger partial charge in [0.1, 0.15) is 0 Å². The van der Waals surface area contributed by atoms with E-state index in [1.54, 1.807) is 0 Å². The quantitative estimate of drug-likeness (QED) is 0.507. The minimum atomic E-state index is 0.509. The van der Waals surface area contributed by atoms with Crippen LogP contribution in [0.2, 0.25) is 0 Å². The summed E-state index contributed by atoms with van der Waals surface area (Å²) in [7, 11) is 0. The lowest BCUT2D eigenvalue weighted by Gasteiger charge is -2.45. The topological polar surface area (TPSA) is 9.23 Å². The zero-order valence-electron chi connectivity index (χ0n) is 11.6. The van der Waals surface area contributed by atoms with E-state index in [1.165, 1.54) is 38.5 Å². The van der Waals surface area contributed by atoms with Crippen molar-refractivity contribution in [1.82, 2.24) is 0 Å². The summed E-state index contributed by atoms with van der Waals surface area (Å²) >= 11 is 0. The van der Waals surface area contributed by atoms with Crippen LogP contribution in [-0.2, 0) is 4.74 Å². The van der Waals surface area contributed by atoms with Crippen LogP contribution in [0.1, 0.15) is 52.4 Å². The molecule has 1 nitrogen and oxygen atoms in total. The standard InChI is InChI=1S/C16H28O/c1-4-11-17-12-16-10-6-5-7-14(16)8-9-15(16)13(2)3/h4,13-15H,1,5-12H2,2-3H3. The lowest BCUT2D eigenvalue weighted by Crippen LogP contribution is -2.41. The van der Waals surface area contributed by atoms with E-state index in [0.717, 1.165) is 31.0 Å². The fourth-order valence-corrected chi connectivity index (χ4v) is 4.55. The Morgan fingerprint density at radius 3 is 2.82 bits per heavy atom. The minimum absolute atomic E-state index is 0.509. The molecule has 0 radical (unpaired) electrons. The second-order valence-corrected chi connectivity index (χ2v) is 6.41. The van der Waals surface area contributed by atoms with Crippen LogP contribution in [0.3, 0.4) is 0 Å². The molecule has 98 valence electrons. The van der Waals surface area contributed by atoms with Gasteiger partial charge >= 0.3 is 0 Å². The first-order valence-electron chi connectivity index (χ1n) is 7.39. The first-order valence-corrected chi connectivity index (χ1v) is 7.39. The Bertz CT molecular complexity index is 258. The average Bonchev–Trinajstić information content (AvgIpc) is 2.68. The van der Waals surface area contributed by atoms with Gasteiger partial charge in [-0.15, -0.1) is 6.58 Å². The van der Waals surface area contributed by atoms with Crippen molar-refractivity contribution in [2.45, 2.75) is 52.4 Å². The Labute approximate surface area is 107 Å². The van der Waals surface area contributed by atoms with Gasteiger partial charge in [0, 0.05) is 0 Å². The molecule has 0 spiro atoms. The van der Waals surface area contributed by atoms with Gasteiger partial charge in [0.25, 0.3) is 0 Å². The van der Waals surface area contributed by atoms with Crippen LogP contribution in [0.15, 0.2) is 12.7 Å². The number of hydrogen-bond acceptors (Lipinski definition) is 1. The number of rotatable bonds is 5. The minimum Gasteiger partial charge on any atom is -0.377 e. The molecule has 0 N–H and O–H groups in total. The van der Waals surface area contributed by atoms with E-state index in [1.807, 2.05) is 6.08 Å². The molecule has 0 saturated heterocycles. The zero-order chi connectivity index (χ0) is 12.3. The third-order valence-corrected chi connectivity index (χ3v) is 5.23. The second kappa shape index (κ2) is 5.56. The molecule has 0 bridgehead atoms. The first-order chi connectivity index (χ1) is 8.20. The van der Waals surface area contributed by atoms with Crippen LogP contribution in [0.25, 0.3) is 0 Å². The third kappa shape index (κ3) is 2.45. The number of fused-ring (bicyclic) bond motifs is 1. The summed E-state index contributed by atoms with van der Waals surface area (Å²) in [6, 6.07) is 0. The summed E-state index contributed by atoms with van der Waals surface area (Å²) in [5, 5.41) is 0. The molecule has 3 atom stereocenters. The molecule has 0 aromatic heterocycles. The number of ether oxygens (including phenoxy) is 1. The molecule has 0 amide bonds. The van der Waals surface area contributed by atoms with Gasteiger partial charge in [0.2, 0.25) is 0 Å². The lowest BCUT2D eigenvalue weighted by molar-refractivity contribution is -0.0346. The summed E-state index contributed by atoms with van der Waals surface area (Å²) in [4.78, 5) is 0. The van der Waals surface area contributed by atoms with Gasteiger partial charge in [-0.05, 0) is 48.9 Å². The predicted molar refractivity (Wildman–Crippen MR) is 73.0 cm³/mol. The van der Waals surface area contributed by atoms with Crippen molar-refractivity contribution in [2.24, 2.45) is 23.2 Å². The highest BCUT2D eigenvalue weighted by Crippen LogP contribution is 2.57. The zero-order valence-corrected chi connectivity index (χ0v) is 11.6. The smallest absolute Gasteiger partial charge is 0.0645 e. The van der Waals surface area contributed by atoms with E-state index < -0.39 is 0 Å². The Morgan fingerprint density at radius 1 is 1.29 bits per heavy atom. The average molecular weight is 236 g/mol. The lowest BCUT2D eigenvalue weighted by atomic mass is 9.62. The molecule has 0 aromatic carbocycles. The third-order valence-electron chi connectivity index (χ3n) is 5.23. The molecule has 3 unspecified atom stereocenters. The Morgan fingerprint density at radius 2 is 2.12 bits per heavy atom. The van der Waals surface area contributed by atoms with Crippen molar-refractivity contribution in [1.29, 1.82) is 0 Å². The maximum atomic E-state index is 5.89. The van der Waals surface area contributed by atoms with Crippen LogP contribution in [0, 0.1) is 23.2 Å². The molecular formula is C16H28O. The molecule has 2 saturated carbocycles. The van der Waals surface area contributed by atoms with E-state index in [-0.39, 0.29) is 0 Å². The SMILES string of the molecule is C=CCOCC12CCCCC1CCC2C(C)C. The fraction of sp³-hybridized carbons (Fsp3) is 0.875. The summed E-state index contributed by atoms with van der Waals surface area (Å²) < 4.78 is 5.89. The first kappa shape index (κ1) is 13.1. The second-order valence-electron chi connectivity index (χ2n) is 6.41. The normalized spacial score (nSPS) is 37.1. The fourth-order valence-electron chi connectivity index (χ4n) is 4.55. The summed E-state index contributed by atoms with van der Waals surface area (Å²) in [5.74, 6) is 2.64. The van der Waals surface area contributed by atoms with E-state index in [4.69, 9.17) is 4.74 Å². The van der Waals surface area contributed by atoms with Crippen LogP contribution in [0.4, 0.5) is 0 Å². The van der Waals surface area contributed by atoms with Crippen LogP contribution in [0.5, 0.6) is 0 Å². The van der Waals surface area contributed by atoms with Crippen molar-refractivity contribution < 1.29 is 4.74 Å². The molecule has 2 rings (SSSR count). The van der Waals surface area contributed by atoms with Crippen molar-refractivity contribution in [3.8, 4) is 0 Å². The van der Waals surface area contributed by atoms with Gasteiger partial charge in [-0.1, -0.05) is 32.8 Å². The van der Waals surface area contributed by atoms with Crippen molar-refractivity contribution in [3.63, 3.8) is 0 Å². The summed E-state index contributed by atoms with van der Waals surface area (Å²) in [6.07, 6.45) is 10.5. The largest absolute Gasteiger partial charge is 0.377 e. The van der Waals surface area contributed by atoms with Crippen LogP contribution in [-0.4, -0.2) is 13.2 Å². The maximum Gasteiger partial charge on any atom is 0.0645 e. The van der Waals surface area contributed by atoms with Crippen molar-refractivity contribution in [3.05, 3.63) is 12.7 Å². The molecule has 1 heteroatoms. The molecule has 2 aliphatic carbocycles. The highest BCUT2D eigenvalue weighted by molar-refractivity contribution is 5.00. The van der Waals surface area contributed by atoms with E-state index >= 15 is 0 Å². The predicted octanol–water partition coefficient (Wildman–Crippen LogP) is 4.43. The van der Waals surface area contributed by atoms with Crippen LogP contribution < -0.4 is 0 Å². The molecule has 0 heterocycles. The molecule has 0 aliphatic heterocycles. The Kier molecular flexibility index (Phi) is 4.30. The molecule has 2 fully saturated rings. The van der Waals surface area contributed by atoms with Gasteiger partial charge in [-0.3, -0.25) is 0 Å². The Balaban J connectivity index is 2.10. The maximum absolute atomic E-state index is 5.89. The van der Waals surface area contributed by atoms with Gasteiger partial charge in [-0.2, -0.15) is 0 Å². The highest BCUT2D eigenvalue weighted by Gasteiger charge is 2.51. The Hall–Kier alpha value is -0.300. The monoisotopic (exact) mass is 236 g/mol. The van der Waals surface area contributed by atoms with Crippen LogP contribution >= 0.6 is 0 Å². The van der Waals surface area contributed by atoms with E-state index in [9.17, 15) is 0 Å². The summed E-state index contributed by atoms with van der Waals surface area (Å²) in [6.45, 7) is 10.3. The molecule has 2 aliphatic rings. The van der Waals surface area contributed by atoms with Crippen molar-refractivity contribution >= 4 is 0 Å². The van der Waals surface area contributed by atoms with Gasteiger partial charge in [-0.25, -0.2) is 0 Å². The highest BCUT2D eigenvalue weighted by atomic mass is 16.5. The molecule has 0 aromatic rings. The van der Waals surface area contributed by atoms with E-state index in [2.05, 4.69) is 20.4 Å². The molecule has 17 heavy (non-hydrogen) atoms. The van der Waals surface area contributed by atoms with Gasteiger partial charge in [0.15, 0.2) is 0 Å². The van der Waals surface area contributed by atoms with Gasteiger partial charge in [0.05, 0.1) is 13.2 Å².